The maximum Gasteiger partial charge on any atom is 0.389 e. The number of alkyl halides is 3. The molecule has 0 heterocycles. The summed E-state index contributed by atoms with van der Waals surface area (Å²) < 4.78 is 40.8. The summed E-state index contributed by atoms with van der Waals surface area (Å²) in [4.78, 5) is 0. The number of rotatable bonds is 4. The third-order valence-corrected chi connectivity index (χ3v) is 2.40. The summed E-state index contributed by atoms with van der Waals surface area (Å²) in [5.74, 6) is 0.682. The predicted molar refractivity (Wildman–Crippen MR) is 56.9 cm³/mol. The van der Waals surface area contributed by atoms with Crippen molar-refractivity contribution in [3.8, 4) is 0 Å². The fourth-order valence-electron chi connectivity index (χ4n) is 1.38. The molecule has 0 atom stereocenters. The molecule has 0 aromatic heterocycles. The molecule has 0 amide bonds. The SMILES string of the molecule is CC1(C)C=CC(OCCCC(F)(F)F)=CC1. The van der Waals surface area contributed by atoms with Crippen molar-refractivity contribution >= 4 is 0 Å². The van der Waals surface area contributed by atoms with Crippen LogP contribution in [0.25, 0.3) is 0 Å². The second kappa shape index (κ2) is 4.93. The minimum atomic E-state index is -4.08. The Bertz CT molecular complexity index is 287. The van der Waals surface area contributed by atoms with Crippen LogP contribution < -0.4 is 0 Å². The molecule has 0 aromatic rings. The van der Waals surface area contributed by atoms with Crippen molar-refractivity contribution in [2.24, 2.45) is 5.41 Å². The van der Waals surface area contributed by atoms with Gasteiger partial charge in [-0.15, -0.1) is 0 Å². The molecule has 0 saturated carbocycles. The molecule has 16 heavy (non-hydrogen) atoms. The standard InChI is InChI=1S/C12H17F3O/c1-11(2)7-4-10(5-8-11)16-9-3-6-12(13,14)15/h4-5,7H,3,6,8-9H2,1-2H3. The van der Waals surface area contributed by atoms with E-state index < -0.39 is 12.6 Å². The number of halogens is 3. The van der Waals surface area contributed by atoms with Crippen molar-refractivity contribution in [3.63, 3.8) is 0 Å². The monoisotopic (exact) mass is 234 g/mol. The van der Waals surface area contributed by atoms with Crippen molar-refractivity contribution in [1.29, 1.82) is 0 Å². The third-order valence-electron chi connectivity index (χ3n) is 2.40. The van der Waals surface area contributed by atoms with Crippen LogP contribution in [0, 0.1) is 5.41 Å². The lowest BCUT2D eigenvalue weighted by Gasteiger charge is -2.22. The van der Waals surface area contributed by atoms with E-state index in [2.05, 4.69) is 13.8 Å². The zero-order valence-corrected chi connectivity index (χ0v) is 9.60. The molecule has 0 fully saturated rings. The van der Waals surface area contributed by atoms with E-state index >= 15 is 0 Å². The van der Waals surface area contributed by atoms with Crippen LogP contribution in [0.4, 0.5) is 13.2 Å². The molecule has 0 spiro atoms. The molecule has 1 rings (SSSR count). The van der Waals surface area contributed by atoms with Gasteiger partial charge in [0.1, 0.15) is 5.76 Å². The topological polar surface area (TPSA) is 9.23 Å². The smallest absolute Gasteiger partial charge is 0.389 e. The zero-order chi connectivity index (χ0) is 12.2. The van der Waals surface area contributed by atoms with Crippen LogP contribution in [0.5, 0.6) is 0 Å². The molecule has 4 heteroatoms. The number of ether oxygens (including phenoxy) is 1. The summed E-state index contributed by atoms with van der Waals surface area (Å²) in [6.07, 6.45) is 1.78. The van der Waals surface area contributed by atoms with Crippen LogP contribution in [0.15, 0.2) is 24.0 Å². The van der Waals surface area contributed by atoms with Crippen LogP contribution >= 0.6 is 0 Å². The number of allylic oxidation sites excluding steroid dienone is 3. The predicted octanol–water partition coefficient (Wildman–Crippen LogP) is 4.22. The Balaban J connectivity index is 2.21. The summed E-state index contributed by atoms with van der Waals surface area (Å²) in [5.41, 5.74) is 0.124. The van der Waals surface area contributed by atoms with Crippen molar-refractivity contribution in [1.82, 2.24) is 0 Å². The van der Waals surface area contributed by atoms with E-state index in [1.165, 1.54) is 0 Å². The minimum Gasteiger partial charge on any atom is -0.494 e. The summed E-state index contributed by atoms with van der Waals surface area (Å²) in [6.45, 7) is 4.32. The van der Waals surface area contributed by atoms with Gasteiger partial charge in [0.15, 0.2) is 0 Å². The Labute approximate surface area is 94.0 Å². The quantitative estimate of drug-likeness (QED) is 0.662. The molecule has 0 radical (unpaired) electrons. The highest BCUT2D eigenvalue weighted by atomic mass is 19.4. The van der Waals surface area contributed by atoms with Gasteiger partial charge in [-0.25, -0.2) is 0 Å². The molecule has 0 N–H and O–H groups in total. The highest BCUT2D eigenvalue weighted by Gasteiger charge is 2.26. The van der Waals surface area contributed by atoms with Gasteiger partial charge in [0.05, 0.1) is 6.61 Å². The van der Waals surface area contributed by atoms with Crippen molar-refractivity contribution < 1.29 is 17.9 Å². The van der Waals surface area contributed by atoms with E-state index in [9.17, 15) is 13.2 Å². The lowest BCUT2D eigenvalue weighted by molar-refractivity contribution is -0.137. The van der Waals surface area contributed by atoms with E-state index in [4.69, 9.17) is 4.74 Å². The molecule has 0 bridgehead atoms. The summed E-state index contributed by atoms with van der Waals surface area (Å²) in [6, 6.07) is 0. The second-order valence-corrected chi connectivity index (χ2v) is 4.70. The summed E-state index contributed by atoms with van der Waals surface area (Å²) >= 11 is 0. The average molecular weight is 234 g/mol. The Morgan fingerprint density at radius 1 is 1.38 bits per heavy atom. The fraction of sp³-hybridized carbons (Fsp3) is 0.667. The van der Waals surface area contributed by atoms with Crippen LogP contribution in [0.3, 0.4) is 0 Å². The Hall–Kier alpha value is -0.930. The van der Waals surface area contributed by atoms with Crippen molar-refractivity contribution in [3.05, 3.63) is 24.0 Å². The molecular formula is C12H17F3O. The molecule has 1 aliphatic rings. The Morgan fingerprint density at radius 2 is 2.06 bits per heavy atom. The van der Waals surface area contributed by atoms with Gasteiger partial charge in [-0.05, 0) is 30.4 Å². The first kappa shape index (κ1) is 13.1. The molecule has 92 valence electrons. The first-order valence-electron chi connectivity index (χ1n) is 5.37. The van der Waals surface area contributed by atoms with Gasteiger partial charge in [0.2, 0.25) is 0 Å². The normalized spacial score (nSPS) is 19.4. The van der Waals surface area contributed by atoms with E-state index in [0.717, 1.165) is 6.42 Å². The molecule has 1 nitrogen and oxygen atoms in total. The van der Waals surface area contributed by atoms with Crippen molar-refractivity contribution in [2.75, 3.05) is 6.61 Å². The highest BCUT2D eigenvalue weighted by molar-refractivity contribution is 5.20. The van der Waals surface area contributed by atoms with Crippen LogP contribution in [-0.2, 0) is 4.74 Å². The van der Waals surface area contributed by atoms with Gasteiger partial charge in [-0.1, -0.05) is 19.9 Å². The van der Waals surface area contributed by atoms with Gasteiger partial charge in [-0.2, -0.15) is 13.2 Å². The van der Waals surface area contributed by atoms with E-state index in [1.54, 1.807) is 0 Å². The van der Waals surface area contributed by atoms with Gasteiger partial charge < -0.3 is 4.74 Å². The van der Waals surface area contributed by atoms with E-state index in [0.29, 0.717) is 5.76 Å². The molecule has 0 saturated heterocycles. The lowest BCUT2D eigenvalue weighted by Crippen LogP contribution is -2.11. The number of hydrogen-bond donors (Lipinski definition) is 0. The van der Waals surface area contributed by atoms with Gasteiger partial charge in [0, 0.05) is 6.42 Å². The first-order valence-corrected chi connectivity index (χ1v) is 5.37. The fourth-order valence-corrected chi connectivity index (χ4v) is 1.38. The van der Waals surface area contributed by atoms with Crippen LogP contribution in [0.1, 0.15) is 33.1 Å². The molecular weight excluding hydrogens is 217 g/mol. The summed E-state index contributed by atoms with van der Waals surface area (Å²) in [7, 11) is 0. The van der Waals surface area contributed by atoms with Gasteiger partial charge >= 0.3 is 6.18 Å². The maximum atomic E-state index is 11.8. The minimum absolute atomic E-state index is 0.0120. The zero-order valence-electron chi connectivity index (χ0n) is 9.60. The third kappa shape index (κ3) is 5.24. The summed E-state index contributed by atoms with van der Waals surface area (Å²) in [5, 5.41) is 0. The molecule has 0 unspecified atom stereocenters. The van der Waals surface area contributed by atoms with E-state index in [1.807, 2.05) is 18.2 Å². The van der Waals surface area contributed by atoms with Gasteiger partial charge in [-0.3, -0.25) is 0 Å². The van der Waals surface area contributed by atoms with Gasteiger partial charge in [0.25, 0.3) is 0 Å². The van der Waals surface area contributed by atoms with Crippen LogP contribution in [0.2, 0.25) is 0 Å². The van der Waals surface area contributed by atoms with Crippen molar-refractivity contribution in [2.45, 2.75) is 39.3 Å². The lowest BCUT2D eigenvalue weighted by atomic mass is 9.86. The number of hydrogen-bond acceptors (Lipinski definition) is 1. The highest BCUT2D eigenvalue weighted by Crippen LogP contribution is 2.28. The van der Waals surface area contributed by atoms with E-state index in [-0.39, 0.29) is 18.4 Å². The second-order valence-electron chi connectivity index (χ2n) is 4.70. The maximum absolute atomic E-state index is 11.8. The first-order chi connectivity index (χ1) is 7.29. The largest absolute Gasteiger partial charge is 0.494 e. The Morgan fingerprint density at radius 3 is 2.56 bits per heavy atom. The average Bonchev–Trinajstić information content (AvgIpc) is 2.13. The molecule has 0 aromatic carbocycles. The van der Waals surface area contributed by atoms with Crippen LogP contribution in [-0.4, -0.2) is 12.8 Å². The molecule has 0 aliphatic heterocycles. The molecule has 1 aliphatic carbocycles. The Kier molecular flexibility index (Phi) is 4.05.